The van der Waals surface area contributed by atoms with Gasteiger partial charge in [-0.05, 0) is 23.9 Å². The van der Waals surface area contributed by atoms with E-state index < -0.39 is 28.2 Å². The van der Waals surface area contributed by atoms with Crippen molar-refractivity contribution >= 4 is 28.5 Å². The van der Waals surface area contributed by atoms with Gasteiger partial charge in [0.1, 0.15) is 0 Å². The standard InChI is InChI=1S/C10H7NO6S/c12-9(13)7-8(17-7)10(14)18-6-3-1-5(2-4-6)11(15)16/h1-4,7-8H,(H,12,13). The zero-order chi connectivity index (χ0) is 13.3. The number of hydrogen-bond acceptors (Lipinski definition) is 6. The van der Waals surface area contributed by atoms with Crippen LogP contribution in [-0.4, -0.2) is 33.3 Å². The van der Waals surface area contributed by atoms with Crippen LogP contribution in [0.4, 0.5) is 5.69 Å². The Balaban J connectivity index is 1.96. The second-order valence-electron chi connectivity index (χ2n) is 3.49. The predicted octanol–water partition coefficient (Wildman–Crippen LogP) is 1.07. The largest absolute Gasteiger partial charge is 0.479 e. The molecule has 1 heterocycles. The molecule has 2 atom stereocenters. The van der Waals surface area contributed by atoms with E-state index in [0.29, 0.717) is 4.90 Å². The molecule has 0 aromatic heterocycles. The van der Waals surface area contributed by atoms with Crippen molar-refractivity contribution in [3.05, 3.63) is 34.4 Å². The van der Waals surface area contributed by atoms with Gasteiger partial charge in [0.25, 0.3) is 5.69 Å². The Hall–Kier alpha value is -1.93. The van der Waals surface area contributed by atoms with Gasteiger partial charge in [0.05, 0.1) is 4.92 Å². The SMILES string of the molecule is O=C(O)C1OC1C(=O)Sc1ccc([N+](=O)[O-])cc1. The second kappa shape index (κ2) is 4.75. The molecular formula is C10H7NO6S. The Morgan fingerprint density at radius 3 is 2.33 bits per heavy atom. The van der Waals surface area contributed by atoms with E-state index in [1.165, 1.54) is 24.3 Å². The van der Waals surface area contributed by atoms with Crippen LogP contribution in [0.5, 0.6) is 0 Å². The van der Waals surface area contributed by atoms with E-state index in [9.17, 15) is 19.7 Å². The van der Waals surface area contributed by atoms with Crippen molar-refractivity contribution in [3.63, 3.8) is 0 Å². The van der Waals surface area contributed by atoms with Crippen LogP contribution in [-0.2, 0) is 14.3 Å². The number of rotatable bonds is 4. The topological polar surface area (TPSA) is 110 Å². The number of ether oxygens (including phenoxy) is 1. The first-order valence-electron chi connectivity index (χ1n) is 4.83. The minimum atomic E-state index is -1.17. The average Bonchev–Trinajstić information content (AvgIpc) is 3.09. The maximum absolute atomic E-state index is 11.5. The van der Waals surface area contributed by atoms with Gasteiger partial charge in [-0.3, -0.25) is 14.9 Å². The monoisotopic (exact) mass is 269 g/mol. The minimum Gasteiger partial charge on any atom is -0.479 e. The summed E-state index contributed by atoms with van der Waals surface area (Å²) in [4.78, 5) is 32.4. The third-order valence-corrected chi connectivity index (χ3v) is 3.17. The van der Waals surface area contributed by atoms with Crippen molar-refractivity contribution in [2.24, 2.45) is 0 Å². The molecule has 2 rings (SSSR count). The first-order valence-corrected chi connectivity index (χ1v) is 5.65. The first-order chi connectivity index (χ1) is 8.49. The Morgan fingerprint density at radius 2 is 1.89 bits per heavy atom. The Labute approximate surface area is 105 Å². The number of nitro benzene ring substituents is 1. The molecule has 0 aliphatic carbocycles. The summed E-state index contributed by atoms with van der Waals surface area (Å²) in [5.41, 5.74) is -0.0714. The van der Waals surface area contributed by atoms with E-state index in [4.69, 9.17) is 9.84 Å². The normalized spacial score (nSPS) is 21.3. The summed E-state index contributed by atoms with van der Waals surface area (Å²) in [5.74, 6) is -1.17. The number of benzene rings is 1. The first kappa shape index (κ1) is 12.5. The highest BCUT2D eigenvalue weighted by Gasteiger charge is 2.50. The van der Waals surface area contributed by atoms with E-state index in [0.717, 1.165) is 11.8 Å². The van der Waals surface area contributed by atoms with Crippen LogP contribution in [0.25, 0.3) is 0 Å². The molecule has 8 heteroatoms. The Kier molecular flexibility index (Phi) is 3.30. The van der Waals surface area contributed by atoms with Crippen LogP contribution >= 0.6 is 11.8 Å². The highest BCUT2D eigenvalue weighted by molar-refractivity contribution is 8.13. The van der Waals surface area contributed by atoms with Gasteiger partial charge >= 0.3 is 5.97 Å². The summed E-state index contributed by atoms with van der Waals surface area (Å²) in [7, 11) is 0. The molecule has 1 saturated heterocycles. The third-order valence-electron chi connectivity index (χ3n) is 2.23. The van der Waals surface area contributed by atoms with Crippen molar-refractivity contribution in [2.75, 3.05) is 0 Å². The average molecular weight is 269 g/mol. The van der Waals surface area contributed by atoms with E-state index in [1.807, 2.05) is 0 Å². The highest BCUT2D eigenvalue weighted by Crippen LogP contribution is 2.31. The number of nitrogens with zero attached hydrogens (tertiary/aromatic N) is 1. The smallest absolute Gasteiger partial charge is 0.336 e. The lowest BCUT2D eigenvalue weighted by molar-refractivity contribution is -0.384. The van der Waals surface area contributed by atoms with E-state index in [1.54, 1.807) is 0 Å². The van der Waals surface area contributed by atoms with Crippen molar-refractivity contribution in [2.45, 2.75) is 17.1 Å². The molecule has 18 heavy (non-hydrogen) atoms. The Morgan fingerprint density at radius 1 is 1.28 bits per heavy atom. The van der Waals surface area contributed by atoms with Crippen LogP contribution in [0.1, 0.15) is 0 Å². The van der Waals surface area contributed by atoms with Gasteiger partial charge in [0, 0.05) is 17.0 Å². The number of carboxylic acids is 1. The van der Waals surface area contributed by atoms with Crippen LogP contribution in [0.3, 0.4) is 0 Å². The summed E-state index contributed by atoms with van der Waals surface area (Å²) in [5, 5.41) is 18.6. The second-order valence-corrected chi connectivity index (χ2v) is 4.57. The number of nitro groups is 1. The van der Waals surface area contributed by atoms with Crippen molar-refractivity contribution in [1.82, 2.24) is 0 Å². The van der Waals surface area contributed by atoms with Gasteiger partial charge in [-0.25, -0.2) is 4.79 Å². The summed E-state index contributed by atoms with van der Waals surface area (Å²) < 4.78 is 4.70. The number of carboxylic acid groups (broad SMARTS) is 1. The zero-order valence-electron chi connectivity index (χ0n) is 8.81. The molecule has 0 radical (unpaired) electrons. The fourth-order valence-corrected chi connectivity index (χ4v) is 2.09. The summed E-state index contributed by atoms with van der Waals surface area (Å²) >= 11 is 0.806. The van der Waals surface area contributed by atoms with Crippen molar-refractivity contribution < 1.29 is 24.4 Å². The number of epoxide rings is 1. The van der Waals surface area contributed by atoms with Gasteiger partial charge in [0.2, 0.25) is 5.12 Å². The maximum atomic E-state index is 11.5. The van der Waals surface area contributed by atoms with Gasteiger partial charge < -0.3 is 9.84 Å². The fraction of sp³-hybridized carbons (Fsp3) is 0.200. The molecule has 1 aliphatic rings. The lowest BCUT2D eigenvalue weighted by Crippen LogP contribution is -2.12. The third kappa shape index (κ3) is 2.66. The molecule has 1 fully saturated rings. The number of hydrogen-bond donors (Lipinski definition) is 1. The summed E-state index contributed by atoms with van der Waals surface area (Å²) in [6, 6.07) is 5.41. The van der Waals surface area contributed by atoms with Crippen LogP contribution in [0.2, 0.25) is 0 Å². The molecule has 7 nitrogen and oxygen atoms in total. The highest BCUT2D eigenvalue weighted by atomic mass is 32.2. The molecule has 1 aromatic carbocycles. The lowest BCUT2D eigenvalue weighted by atomic mass is 10.3. The lowest BCUT2D eigenvalue weighted by Gasteiger charge is -1.97. The molecular weight excluding hydrogens is 262 g/mol. The Bertz CT molecular complexity index is 514. The van der Waals surface area contributed by atoms with Crippen LogP contribution < -0.4 is 0 Å². The molecule has 0 spiro atoms. The molecule has 1 N–H and O–H groups in total. The van der Waals surface area contributed by atoms with Crippen molar-refractivity contribution in [1.29, 1.82) is 0 Å². The fourth-order valence-electron chi connectivity index (χ4n) is 1.29. The summed E-state index contributed by atoms with van der Waals surface area (Å²) in [6.07, 6.45) is -1.99. The number of carbonyl (C=O) groups is 2. The van der Waals surface area contributed by atoms with Gasteiger partial charge in [-0.1, -0.05) is 0 Å². The molecule has 1 aromatic rings. The molecule has 0 amide bonds. The molecule has 94 valence electrons. The summed E-state index contributed by atoms with van der Waals surface area (Å²) in [6.45, 7) is 0. The molecule has 0 bridgehead atoms. The van der Waals surface area contributed by atoms with E-state index in [2.05, 4.69) is 0 Å². The number of thioether (sulfide) groups is 1. The van der Waals surface area contributed by atoms with Gasteiger partial charge in [-0.15, -0.1) is 0 Å². The van der Waals surface area contributed by atoms with E-state index in [-0.39, 0.29) is 5.69 Å². The zero-order valence-corrected chi connectivity index (χ0v) is 9.62. The predicted molar refractivity (Wildman–Crippen MR) is 60.3 cm³/mol. The van der Waals surface area contributed by atoms with Gasteiger partial charge in [-0.2, -0.15) is 0 Å². The molecule has 2 unspecified atom stereocenters. The van der Waals surface area contributed by atoms with E-state index >= 15 is 0 Å². The minimum absolute atomic E-state index is 0.0714. The number of aliphatic carboxylic acids is 1. The molecule has 1 aliphatic heterocycles. The van der Waals surface area contributed by atoms with Crippen molar-refractivity contribution in [3.8, 4) is 0 Å². The molecule has 0 saturated carbocycles. The maximum Gasteiger partial charge on any atom is 0.336 e. The number of non-ortho nitro benzene ring substituents is 1. The number of carbonyl (C=O) groups excluding carboxylic acids is 1. The quantitative estimate of drug-likeness (QED) is 0.376. The van der Waals surface area contributed by atoms with Crippen LogP contribution in [0.15, 0.2) is 29.2 Å². The van der Waals surface area contributed by atoms with Crippen LogP contribution in [0, 0.1) is 10.1 Å². The van der Waals surface area contributed by atoms with Gasteiger partial charge in [0.15, 0.2) is 12.2 Å².